The number of carboxylic acids is 1. The van der Waals surface area contributed by atoms with E-state index >= 15 is 0 Å². The number of oxazole rings is 1. The van der Waals surface area contributed by atoms with Crippen molar-refractivity contribution in [3.05, 3.63) is 17.8 Å². The van der Waals surface area contributed by atoms with Crippen molar-refractivity contribution in [3.8, 4) is 0 Å². The largest absolute Gasteiger partial charge is 0.479 e. The molecule has 1 aromatic heterocycles. The van der Waals surface area contributed by atoms with Gasteiger partial charge in [-0.2, -0.15) is 0 Å². The Hall–Kier alpha value is -1.85. The van der Waals surface area contributed by atoms with Gasteiger partial charge in [0.05, 0.1) is 5.69 Å². The molecule has 0 aromatic carbocycles. The van der Waals surface area contributed by atoms with Crippen molar-refractivity contribution in [1.82, 2.24) is 9.88 Å². The summed E-state index contributed by atoms with van der Waals surface area (Å²) >= 11 is 0. The number of aryl methyl sites for hydroxylation is 1. The van der Waals surface area contributed by atoms with Crippen LogP contribution in [-0.2, 0) is 4.79 Å². The molecule has 0 aliphatic carbocycles. The molecule has 1 unspecified atom stereocenters. The molecule has 98 valence electrons. The van der Waals surface area contributed by atoms with E-state index in [9.17, 15) is 14.7 Å². The monoisotopic (exact) mass is 252 g/mol. The molecule has 1 aliphatic rings. The van der Waals surface area contributed by atoms with E-state index in [0.29, 0.717) is 31.5 Å². The van der Waals surface area contributed by atoms with Gasteiger partial charge in [0.15, 0.2) is 6.39 Å². The maximum Gasteiger partial charge on any atom is 0.329 e. The first-order chi connectivity index (χ1) is 8.53. The van der Waals surface area contributed by atoms with Crippen LogP contribution in [0.15, 0.2) is 10.8 Å². The quantitative estimate of drug-likeness (QED) is 0.880. The fraction of sp³-hybridized carbons (Fsp3) is 0.583. The first-order valence-corrected chi connectivity index (χ1v) is 5.98. The Morgan fingerprint density at radius 3 is 2.83 bits per heavy atom. The molecular weight excluding hydrogens is 236 g/mol. The smallest absolute Gasteiger partial charge is 0.329 e. The van der Waals surface area contributed by atoms with Crippen molar-refractivity contribution in [1.29, 1.82) is 0 Å². The van der Waals surface area contributed by atoms with Crippen molar-refractivity contribution >= 4 is 11.9 Å². The molecule has 0 bridgehead atoms. The third-order valence-corrected chi connectivity index (χ3v) is 3.66. The molecule has 18 heavy (non-hydrogen) atoms. The molecule has 6 heteroatoms. The Balaban J connectivity index is 2.35. The molecule has 1 atom stereocenters. The fourth-order valence-corrected chi connectivity index (χ4v) is 2.55. The Labute approximate surface area is 105 Å². The van der Waals surface area contributed by atoms with Gasteiger partial charge < -0.3 is 14.4 Å². The molecule has 1 saturated heterocycles. The lowest BCUT2D eigenvalue weighted by molar-refractivity contribution is -0.148. The number of carboxylic acid groups (broad SMARTS) is 1. The van der Waals surface area contributed by atoms with E-state index in [1.165, 1.54) is 11.3 Å². The summed E-state index contributed by atoms with van der Waals surface area (Å²) in [6.45, 7) is 3.90. The molecule has 1 amide bonds. The van der Waals surface area contributed by atoms with Gasteiger partial charge in [0.2, 0.25) is 5.76 Å². The van der Waals surface area contributed by atoms with Crippen LogP contribution >= 0.6 is 0 Å². The van der Waals surface area contributed by atoms with Crippen LogP contribution in [0.2, 0.25) is 0 Å². The molecule has 2 rings (SSSR count). The summed E-state index contributed by atoms with van der Waals surface area (Å²) in [5.74, 6) is -1.20. The maximum absolute atomic E-state index is 12.3. The summed E-state index contributed by atoms with van der Waals surface area (Å²) in [7, 11) is 0. The van der Waals surface area contributed by atoms with Crippen LogP contribution < -0.4 is 0 Å². The third-order valence-electron chi connectivity index (χ3n) is 3.66. The number of hydrogen-bond donors (Lipinski definition) is 1. The lowest BCUT2D eigenvalue weighted by Gasteiger charge is -2.33. The average Bonchev–Trinajstić information content (AvgIpc) is 2.94. The molecular formula is C12H16N2O4. The average molecular weight is 252 g/mol. The SMILES string of the molecule is CCC1(C(=O)O)CCCN1C(=O)c1ocnc1C. The number of amides is 1. The summed E-state index contributed by atoms with van der Waals surface area (Å²) in [4.78, 5) is 29.1. The van der Waals surface area contributed by atoms with Crippen LogP contribution in [-0.4, -0.2) is 39.0 Å². The topological polar surface area (TPSA) is 83.6 Å². The van der Waals surface area contributed by atoms with E-state index in [4.69, 9.17) is 4.42 Å². The molecule has 0 radical (unpaired) electrons. The van der Waals surface area contributed by atoms with Crippen molar-refractivity contribution in [3.63, 3.8) is 0 Å². The number of nitrogens with zero attached hydrogens (tertiary/aromatic N) is 2. The van der Waals surface area contributed by atoms with Crippen LogP contribution in [0.3, 0.4) is 0 Å². The number of aliphatic carboxylic acids is 1. The van der Waals surface area contributed by atoms with Gasteiger partial charge in [-0.15, -0.1) is 0 Å². The molecule has 6 nitrogen and oxygen atoms in total. The van der Waals surface area contributed by atoms with E-state index < -0.39 is 11.5 Å². The molecule has 2 heterocycles. The highest BCUT2D eigenvalue weighted by Gasteiger charge is 2.49. The maximum atomic E-state index is 12.3. The standard InChI is InChI=1S/C12H16N2O4/c1-3-12(11(16)17)5-4-6-14(12)10(15)9-8(2)13-7-18-9/h7H,3-6H2,1-2H3,(H,16,17). The van der Waals surface area contributed by atoms with E-state index in [0.717, 1.165) is 0 Å². The Morgan fingerprint density at radius 2 is 2.33 bits per heavy atom. The van der Waals surface area contributed by atoms with Crippen molar-refractivity contribution < 1.29 is 19.1 Å². The lowest BCUT2D eigenvalue weighted by atomic mass is 9.93. The zero-order valence-corrected chi connectivity index (χ0v) is 10.5. The van der Waals surface area contributed by atoms with Crippen molar-refractivity contribution in [2.45, 2.75) is 38.6 Å². The second kappa shape index (κ2) is 4.44. The van der Waals surface area contributed by atoms with Gasteiger partial charge in [0.1, 0.15) is 5.54 Å². The summed E-state index contributed by atoms with van der Waals surface area (Å²) in [6.07, 6.45) is 2.77. The summed E-state index contributed by atoms with van der Waals surface area (Å²) in [5, 5.41) is 9.41. The van der Waals surface area contributed by atoms with Crippen molar-refractivity contribution in [2.75, 3.05) is 6.54 Å². The fourth-order valence-electron chi connectivity index (χ4n) is 2.55. The minimum atomic E-state index is -1.10. The summed E-state index contributed by atoms with van der Waals surface area (Å²) < 4.78 is 5.06. The van der Waals surface area contributed by atoms with Crippen molar-refractivity contribution in [2.24, 2.45) is 0 Å². The van der Waals surface area contributed by atoms with Gasteiger partial charge in [-0.05, 0) is 26.2 Å². The second-order valence-corrected chi connectivity index (χ2v) is 4.52. The van der Waals surface area contributed by atoms with Crippen LogP contribution in [0.25, 0.3) is 0 Å². The van der Waals surface area contributed by atoms with Crippen LogP contribution in [0.5, 0.6) is 0 Å². The van der Waals surface area contributed by atoms with E-state index in [1.54, 1.807) is 13.8 Å². The minimum absolute atomic E-state index is 0.135. The second-order valence-electron chi connectivity index (χ2n) is 4.52. The van der Waals surface area contributed by atoms with E-state index in [2.05, 4.69) is 4.98 Å². The number of likely N-dealkylation sites (tertiary alicyclic amines) is 1. The van der Waals surface area contributed by atoms with Gasteiger partial charge in [-0.3, -0.25) is 4.79 Å². The normalized spacial score (nSPS) is 23.3. The van der Waals surface area contributed by atoms with Gasteiger partial charge in [-0.25, -0.2) is 9.78 Å². The van der Waals surface area contributed by atoms with Crippen LogP contribution in [0.4, 0.5) is 0 Å². The van der Waals surface area contributed by atoms with Gasteiger partial charge in [-0.1, -0.05) is 6.92 Å². The first kappa shape index (κ1) is 12.6. The van der Waals surface area contributed by atoms with Crippen LogP contribution in [0.1, 0.15) is 42.4 Å². The van der Waals surface area contributed by atoms with Gasteiger partial charge >= 0.3 is 5.97 Å². The van der Waals surface area contributed by atoms with E-state index in [1.807, 2.05) is 0 Å². The Bertz CT molecular complexity index is 482. The number of carbonyl (C=O) groups is 2. The number of hydrogen-bond acceptors (Lipinski definition) is 4. The molecule has 1 aliphatic heterocycles. The lowest BCUT2D eigenvalue weighted by Crippen LogP contribution is -2.52. The number of carbonyl (C=O) groups excluding carboxylic acids is 1. The van der Waals surface area contributed by atoms with E-state index in [-0.39, 0.29) is 11.7 Å². The predicted molar refractivity (Wildman–Crippen MR) is 62.2 cm³/mol. The van der Waals surface area contributed by atoms with Crippen LogP contribution in [0, 0.1) is 6.92 Å². The molecule has 1 fully saturated rings. The molecule has 1 aromatic rings. The highest BCUT2D eigenvalue weighted by molar-refractivity contribution is 5.96. The first-order valence-electron chi connectivity index (χ1n) is 5.98. The Morgan fingerprint density at radius 1 is 1.61 bits per heavy atom. The molecule has 1 N–H and O–H groups in total. The number of rotatable bonds is 3. The van der Waals surface area contributed by atoms with Gasteiger partial charge in [0, 0.05) is 6.54 Å². The predicted octanol–water partition coefficient (Wildman–Crippen LogP) is 1.45. The highest BCUT2D eigenvalue weighted by Crippen LogP contribution is 2.34. The molecule has 0 spiro atoms. The zero-order chi connectivity index (χ0) is 13.3. The summed E-state index contributed by atoms with van der Waals surface area (Å²) in [5.41, 5.74) is -0.613. The molecule has 0 saturated carbocycles. The Kier molecular flexibility index (Phi) is 3.11. The third kappa shape index (κ3) is 1.68. The summed E-state index contributed by atoms with van der Waals surface area (Å²) in [6, 6.07) is 0. The zero-order valence-electron chi connectivity index (χ0n) is 10.5. The minimum Gasteiger partial charge on any atom is -0.479 e. The number of aromatic nitrogens is 1. The highest BCUT2D eigenvalue weighted by atomic mass is 16.4. The van der Waals surface area contributed by atoms with Gasteiger partial charge in [0.25, 0.3) is 5.91 Å².